The van der Waals surface area contributed by atoms with Crippen molar-refractivity contribution < 1.29 is 18.7 Å². The first kappa shape index (κ1) is 17.4. The van der Waals surface area contributed by atoms with E-state index >= 15 is 0 Å². The van der Waals surface area contributed by atoms with Crippen LogP contribution in [-0.2, 0) is 16.0 Å². The minimum atomic E-state index is -0.538. The summed E-state index contributed by atoms with van der Waals surface area (Å²) in [5.74, 6) is -0.905. The summed E-state index contributed by atoms with van der Waals surface area (Å²) in [4.78, 5) is 25.3. The molecular weight excluding hydrogens is 391 g/mol. The van der Waals surface area contributed by atoms with E-state index in [1.165, 1.54) is 19.1 Å². The van der Waals surface area contributed by atoms with Gasteiger partial charge in [0.25, 0.3) is 5.91 Å². The molecule has 5 nitrogen and oxygen atoms in total. The summed E-state index contributed by atoms with van der Waals surface area (Å²) < 4.78 is 19.5. The fourth-order valence-electron chi connectivity index (χ4n) is 2.74. The van der Waals surface area contributed by atoms with E-state index in [4.69, 9.17) is 4.74 Å². The average Bonchev–Trinajstić information content (AvgIpc) is 2.97. The summed E-state index contributed by atoms with van der Waals surface area (Å²) in [6, 6.07) is 9.76. The highest BCUT2D eigenvalue weighted by molar-refractivity contribution is 9.10. The second-order valence-electron chi connectivity index (χ2n) is 5.68. The van der Waals surface area contributed by atoms with Gasteiger partial charge in [0.15, 0.2) is 18.2 Å². The van der Waals surface area contributed by atoms with Crippen molar-refractivity contribution in [1.29, 1.82) is 0 Å². The van der Waals surface area contributed by atoms with Crippen LogP contribution in [0.25, 0.3) is 0 Å². The molecule has 1 heterocycles. The van der Waals surface area contributed by atoms with E-state index in [1.54, 1.807) is 17.0 Å². The number of nitrogens with zero attached hydrogens (tertiary/aromatic N) is 1. The molecule has 0 unspecified atom stereocenters. The monoisotopic (exact) mass is 406 g/mol. The standard InChI is InChI=1S/C18H16BrFN2O3/c1-11(23)22-7-6-12-8-14(3-4-16(12)22)21-18(24)10-25-17-5-2-13(19)9-15(17)20/h2-5,8-9H,6-7,10H2,1H3,(H,21,24). The Balaban J connectivity index is 1.61. The van der Waals surface area contributed by atoms with Crippen LogP contribution in [0.3, 0.4) is 0 Å². The van der Waals surface area contributed by atoms with Crippen molar-refractivity contribution in [2.75, 3.05) is 23.4 Å². The van der Waals surface area contributed by atoms with Crippen LogP contribution in [-0.4, -0.2) is 25.0 Å². The molecule has 2 amide bonds. The van der Waals surface area contributed by atoms with E-state index in [9.17, 15) is 14.0 Å². The number of rotatable bonds is 4. The molecule has 2 aromatic rings. The number of carbonyl (C=O) groups is 2. The van der Waals surface area contributed by atoms with Gasteiger partial charge in [-0.1, -0.05) is 15.9 Å². The van der Waals surface area contributed by atoms with Gasteiger partial charge < -0.3 is 15.0 Å². The Kier molecular flexibility index (Phi) is 5.03. The van der Waals surface area contributed by atoms with Gasteiger partial charge in [-0.25, -0.2) is 4.39 Å². The molecule has 0 atom stereocenters. The minimum absolute atomic E-state index is 0.000426. The van der Waals surface area contributed by atoms with Crippen LogP contribution < -0.4 is 15.0 Å². The van der Waals surface area contributed by atoms with Crippen LogP contribution in [0.15, 0.2) is 40.9 Å². The zero-order chi connectivity index (χ0) is 18.0. The van der Waals surface area contributed by atoms with Crippen LogP contribution in [0.5, 0.6) is 5.75 Å². The summed E-state index contributed by atoms with van der Waals surface area (Å²) in [6.07, 6.45) is 0.749. The molecule has 130 valence electrons. The molecule has 1 aliphatic rings. The highest BCUT2D eigenvalue weighted by Gasteiger charge is 2.22. The number of halogens is 2. The van der Waals surface area contributed by atoms with Crippen molar-refractivity contribution in [1.82, 2.24) is 0 Å². The fourth-order valence-corrected chi connectivity index (χ4v) is 3.07. The van der Waals surface area contributed by atoms with Crippen LogP contribution in [0.2, 0.25) is 0 Å². The Morgan fingerprint density at radius 2 is 2.08 bits per heavy atom. The van der Waals surface area contributed by atoms with E-state index in [-0.39, 0.29) is 24.2 Å². The third kappa shape index (κ3) is 3.99. The summed E-state index contributed by atoms with van der Waals surface area (Å²) in [5, 5.41) is 2.72. The van der Waals surface area contributed by atoms with Gasteiger partial charge in [0.05, 0.1) is 0 Å². The number of hydrogen-bond donors (Lipinski definition) is 1. The predicted octanol–water partition coefficient (Wildman–Crippen LogP) is 3.51. The summed E-state index contributed by atoms with van der Waals surface area (Å²) in [5.41, 5.74) is 2.50. The zero-order valence-corrected chi connectivity index (χ0v) is 15.1. The van der Waals surface area contributed by atoms with Crippen LogP contribution in [0.1, 0.15) is 12.5 Å². The van der Waals surface area contributed by atoms with E-state index in [2.05, 4.69) is 21.2 Å². The number of hydrogen-bond acceptors (Lipinski definition) is 3. The Bertz CT molecular complexity index is 841. The van der Waals surface area contributed by atoms with Crippen LogP contribution in [0, 0.1) is 5.82 Å². The number of anilines is 2. The highest BCUT2D eigenvalue weighted by Crippen LogP contribution is 2.30. The van der Waals surface area contributed by atoms with Gasteiger partial charge in [0, 0.05) is 29.3 Å². The maximum Gasteiger partial charge on any atom is 0.262 e. The maximum atomic E-state index is 13.7. The van der Waals surface area contributed by atoms with E-state index in [1.807, 2.05) is 12.1 Å². The Hall–Kier alpha value is -2.41. The van der Waals surface area contributed by atoms with E-state index in [0.717, 1.165) is 17.7 Å². The quantitative estimate of drug-likeness (QED) is 0.844. The lowest BCUT2D eigenvalue weighted by molar-refractivity contribution is -0.118. The molecule has 0 spiro atoms. The van der Waals surface area contributed by atoms with Gasteiger partial charge in [-0.2, -0.15) is 0 Å². The molecule has 0 aliphatic carbocycles. The fraction of sp³-hybridized carbons (Fsp3) is 0.222. The van der Waals surface area contributed by atoms with E-state index < -0.39 is 5.82 Å². The minimum Gasteiger partial charge on any atom is -0.481 e. The van der Waals surface area contributed by atoms with Gasteiger partial charge in [-0.05, 0) is 48.4 Å². The Labute approximate surface area is 152 Å². The van der Waals surface area contributed by atoms with E-state index in [0.29, 0.717) is 16.7 Å². The lowest BCUT2D eigenvalue weighted by Gasteiger charge is -2.15. The topological polar surface area (TPSA) is 58.6 Å². The van der Waals surface area contributed by atoms with Crippen molar-refractivity contribution in [2.45, 2.75) is 13.3 Å². The molecule has 0 fully saturated rings. The smallest absolute Gasteiger partial charge is 0.262 e. The number of fused-ring (bicyclic) bond motifs is 1. The van der Waals surface area contributed by atoms with Gasteiger partial charge in [0.1, 0.15) is 0 Å². The SMILES string of the molecule is CC(=O)N1CCc2cc(NC(=O)COc3ccc(Br)cc3F)ccc21. The normalized spacial score (nSPS) is 12.7. The predicted molar refractivity (Wildman–Crippen MR) is 96.4 cm³/mol. The lowest BCUT2D eigenvalue weighted by atomic mass is 10.1. The Morgan fingerprint density at radius 3 is 2.80 bits per heavy atom. The second-order valence-corrected chi connectivity index (χ2v) is 6.59. The van der Waals surface area contributed by atoms with Crippen LogP contribution in [0.4, 0.5) is 15.8 Å². The summed E-state index contributed by atoms with van der Waals surface area (Å²) in [6.45, 7) is 1.88. The Morgan fingerprint density at radius 1 is 1.28 bits per heavy atom. The van der Waals surface area contributed by atoms with Gasteiger partial charge in [-0.3, -0.25) is 9.59 Å². The molecule has 0 saturated carbocycles. The van der Waals surface area contributed by atoms with Crippen molar-refractivity contribution in [3.05, 3.63) is 52.3 Å². The molecule has 0 bridgehead atoms. The maximum absolute atomic E-state index is 13.7. The first-order valence-electron chi connectivity index (χ1n) is 7.73. The molecule has 0 aromatic heterocycles. The molecule has 1 N–H and O–H groups in total. The van der Waals surface area contributed by atoms with Crippen molar-refractivity contribution in [3.63, 3.8) is 0 Å². The second kappa shape index (κ2) is 7.23. The number of ether oxygens (including phenoxy) is 1. The number of nitrogens with one attached hydrogen (secondary N) is 1. The number of carbonyl (C=O) groups excluding carboxylic acids is 2. The molecule has 0 saturated heterocycles. The van der Waals surface area contributed by atoms with Gasteiger partial charge in [0.2, 0.25) is 5.91 Å². The van der Waals surface area contributed by atoms with Crippen LogP contribution >= 0.6 is 15.9 Å². The summed E-state index contributed by atoms with van der Waals surface area (Å²) in [7, 11) is 0. The molecule has 3 rings (SSSR count). The third-order valence-electron chi connectivity index (χ3n) is 3.89. The van der Waals surface area contributed by atoms with Crippen molar-refractivity contribution in [2.24, 2.45) is 0 Å². The van der Waals surface area contributed by atoms with Crippen molar-refractivity contribution in [3.8, 4) is 5.75 Å². The third-order valence-corrected chi connectivity index (χ3v) is 4.38. The molecule has 1 aliphatic heterocycles. The number of benzene rings is 2. The average molecular weight is 407 g/mol. The zero-order valence-electron chi connectivity index (χ0n) is 13.5. The largest absolute Gasteiger partial charge is 0.481 e. The molecule has 25 heavy (non-hydrogen) atoms. The number of amides is 2. The molecule has 2 aromatic carbocycles. The van der Waals surface area contributed by atoms with Gasteiger partial charge >= 0.3 is 0 Å². The van der Waals surface area contributed by atoms with Crippen molar-refractivity contribution >= 4 is 39.1 Å². The first-order valence-corrected chi connectivity index (χ1v) is 8.52. The molecule has 0 radical (unpaired) electrons. The summed E-state index contributed by atoms with van der Waals surface area (Å²) >= 11 is 3.16. The molecule has 7 heteroatoms. The lowest BCUT2D eigenvalue weighted by Crippen LogP contribution is -2.25. The van der Waals surface area contributed by atoms with Gasteiger partial charge in [-0.15, -0.1) is 0 Å². The molecular formula is C18H16BrFN2O3. The first-order chi connectivity index (χ1) is 11.9. The highest BCUT2D eigenvalue weighted by atomic mass is 79.9.